The van der Waals surface area contributed by atoms with Crippen molar-refractivity contribution in [1.82, 2.24) is 0 Å². The van der Waals surface area contributed by atoms with Crippen molar-refractivity contribution in [1.29, 1.82) is 0 Å². The van der Waals surface area contributed by atoms with Crippen LogP contribution in [-0.2, 0) is 15.9 Å². The molecule has 1 fully saturated rings. The van der Waals surface area contributed by atoms with Gasteiger partial charge in [-0.25, -0.2) is 0 Å². The van der Waals surface area contributed by atoms with Gasteiger partial charge in [-0.05, 0) is 133 Å². The second-order valence-electron chi connectivity index (χ2n) is 14.5. The predicted molar refractivity (Wildman–Crippen MR) is 190 cm³/mol. The molecule has 0 bridgehead atoms. The molecule has 236 valence electrons. The largest absolute Gasteiger partial charge is 0.485 e. The summed E-state index contributed by atoms with van der Waals surface area (Å²) < 4.78 is 13.1. The van der Waals surface area contributed by atoms with Gasteiger partial charge in [0.25, 0.3) is 0 Å². The Kier molecular flexibility index (Phi) is 6.71. The molecule has 1 aromatic rings. The second-order valence-corrected chi connectivity index (χ2v) is 14.5. The summed E-state index contributed by atoms with van der Waals surface area (Å²) in [6.45, 7) is 0. The van der Waals surface area contributed by atoms with Crippen LogP contribution < -0.4 is 4.90 Å². The van der Waals surface area contributed by atoms with E-state index in [2.05, 4.69) is 108 Å². The Labute approximate surface area is 279 Å². The van der Waals surface area contributed by atoms with Crippen LogP contribution in [0.3, 0.4) is 0 Å². The molecule has 47 heavy (non-hydrogen) atoms. The highest BCUT2D eigenvalue weighted by Crippen LogP contribution is 2.53. The lowest BCUT2D eigenvalue weighted by atomic mass is 9.71. The van der Waals surface area contributed by atoms with Crippen LogP contribution in [0.2, 0.25) is 0 Å². The van der Waals surface area contributed by atoms with Gasteiger partial charge >= 0.3 is 0 Å². The maximum Gasteiger partial charge on any atom is 0.128 e. The molecular weight excluding hydrogens is 574 g/mol. The van der Waals surface area contributed by atoms with Gasteiger partial charge in [-0.1, -0.05) is 79.0 Å². The van der Waals surface area contributed by atoms with Gasteiger partial charge in [0.15, 0.2) is 0 Å². The first-order valence-electron chi connectivity index (χ1n) is 18.2. The van der Waals surface area contributed by atoms with Gasteiger partial charge in [-0.2, -0.15) is 0 Å². The molecule has 6 unspecified atom stereocenters. The molecule has 7 aliphatic carbocycles. The van der Waals surface area contributed by atoms with E-state index in [1.807, 2.05) is 0 Å². The molecule has 0 saturated carbocycles. The van der Waals surface area contributed by atoms with Crippen molar-refractivity contribution >= 4 is 11.3 Å². The number of fused-ring (bicyclic) bond motifs is 8. The summed E-state index contributed by atoms with van der Waals surface area (Å²) in [6, 6.07) is 7.45. The van der Waals surface area contributed by atoms with Crippen molar-refractivity contribution in [3.8, 4) is 0 Å². The Bertz CT molecular complexity index is 1880. The molecule has 3 heteroatoms. The van der Waals surface area contributed by atoms with E-state index in [-0.39, 0.29) is 24.4 Å². The van der Waals surface area contributed by atoms with Gasteiger partial charge in [0.05, 0.1) is 24.2 Å². The Hall–Kier alpha value is -4.08. The number of rotatable bonds is 4. The molecule has 10 rings (SSSR count). The highest BCUT2D eigenvalue weighted by atomic mass is 16.5. The van der Waals surface area contributed by atoms with Crippen LogP contribution in [0.1, 0.15) is 68.9 Å². The predicted octanol–water partition coefficient (Wildman–Crippen LogP) is 9.86. The maximum atomic E-state index is 6.58. The van der Waals surface area contributed by atoms with Gasteiger partial charge < -0.3 is 14.4 Å². The standard InChI is InChI=1S/C44H43NO2/c1-2-10-28(11-3-1)30-12-8-13-31(26-30)45(32-22-25-41-37(27-32)34-14-4-6-18-39(34)46-41)38-17-9-16-35-33(38)23-20-29-21-24-42-44(43(29)35)36-15-5-7-19-40(36)47-42/h2,4,6-7,9-11,13-14,16-19,21,24,26-27,32,34,39,41-42,44H,1,3,5,8,12,15,20,22-23,25H2. The second kappa shape index (κ2) is 11.3. The fraction of sp³-hybridized carbons (Fsp3) is 0.364. The van der Waals surface area contributed by atoms with Crippen LogP contribution in [-0.4, -0.2) is 24.4 Å². The van der Waals surface area contributed by atoms with Gasteiger partial charge in [0.2, 0.25) is 0 Å². The Morgan fingerprint density at radius 1 is 0.787 bits per heavy atom. The normalized spacial score (nSPS) is 32.7. The van der Waals surface area contributed by atoms with E-state index in [1.54, 1.807) is 0 Å². The molecule has 1 aromatic carbocycles. The summed E-state index contributed by atoms with van der Waals surface area (Å²) in [4.78, 5) is 2.74. The third-order valence-electron chi connectivity index (χ3n) is 12.0. The van der Waals surface area contributed by atoms with Gasteiger partial charge in [-0.15, -0.1) is 0 Å². The van der Waals surface area contributed by atoms with E-state index >= 15 is 0 Å². The first-order chi connectivity index (χ1) is 23.3. The van der Waals surface area contributed by atoms with Crippen molar-refractivity contribution in [3.05, 3.63) is 154 Å². The van der Waals surface area contributed by atoms with E-state index in [0.717, 1.165) is 70.0 Å². The molecule has 9 aliphatic rings. The summed E-state index contributed by atoms with van der Waals surface area (Å²) in [5.41, 5.74) is 14.7. The molecular formula is C44H43NO2. The van der Waals surface area contributed by atoms with Gasteiger partial charge in [-0.3, -0.25) is 0 Å². The minimum atomic E-state index is 0.114. The average molecular weight is 618 g/mol. The van der Waals surface area contributed by atoms with Crippen molar-refractivity contribution < 1.29 is 9.47 Å². The number of ether oxygens (including phenoxy) is 2. The molecule has 0 amide bonds. The Balaban J connectivity index is 1.10. The molecule has 2 aliphatic heterocycles. The number of anilines is 1. The van der Waals surface area contributed by atoms with E-state index in [1.165, 1.54) is 55.9 Å². The van der Waals surface area contributed by atoms with Crippen molar-refractivity contribution in [3.63, 3.8) is 0 Å². The smallest absolute Gasteiger partial charge is 0.128 e. The molecule has 0 radical (unpaired) electrons. The quantitative estimate of drug-likeness (QED) is 0.314. The van der Waals surface area contributed by atoms with E-state index in [0.29, 0.717) is 11.8 Å². The van der Waals surface area contributed by atoms with Crippen LogP contribution in [0.4, 0.5) is 5.69 Å². The molecule has 0 aromatic heterocycles. The monoisotopic (exact) mass is 617 g/mol. The minimum Gasteiger partial charge on any atom is -0.485 e. The zero-order valence-electron chi connectivity index (χ0n) is 27.1. The summed E-state index contributed by atoms with van der Waals surface area (Å²) in [5.74, 6) is 1.81. The van der Waals surface area contributed by atoms with Gasteiger partial charge in [0.1, 0.15) is 11.9 Å². The van der Waals surface area contributed by atoms with Crippen LogP contribution in [0.15, 0.2) is 143 Å². The highest BCUT2D eigenvalue weighted by molar-refractivity contribution is 5.85. The lowest BCUT2D eigenvalue weighted by molar-refractivity contribution is 0.0643. The average Bonchev–Trinajstić information content (AvgIpc) is 3.70. The third kappa shape index (κ3) is 4.57. The van der Waals surface area contributed by atoms with Crippen LogP contribution in [0.5, 0.6) is 0 Å². The van der Waals surface area contributed by atoms with Crippen LogP contribution in [0, 0.1) is 11.8 Å². The summed E-state index contributed by atoms with van der Waals surface area (Å²) >= 11 is 0. The van der Waals surface area contributed by atoms with E-state index in [4.69, 9.17) is 9.47 Å². The minimum absolute atomic E-state index is 0.114. The first kappa shape index (κ1) is 28.0. The SMILES string of the molecule is C1=CC2OC3CCC(N(C4=CCCC(C5=CCCC=C5)=C4)c4cccc5c4CCC4=C5C5C6=C(C=CCC6)OC5C=C4)C=C3C2C=C1. The molecule has 3 nitrogen and oxygen atoms in total. The third-order valence-corrected chi connectivity index (χ3v) is 12.0. The van der Waals surface area contributed by atoms with E-state index in [9.17, 15) is 0 Å². The number of benzene rings is 1. The lowest BCUT2D eigenvalue weighted by Gasteiger charge is -2.41. The number of hydrogen-bond donors (Lipinski definition) is 0. The van der Waals surface area contributed by atoms with Crippen molar-refractivity contribution in [2.45, 2.75) is 88.6 Å². The zero-order valence-corrected chi connectivity index (χ0v) is 27.1. The summed E-state index contributed by atoms with van der Waals surface area (Å²) in [7, 11) is 0. The Morgan fingerprint density at radius 3 is 2.70 bits per heavy atom. The molecule has 0 spiro atoms. The molecule has 0 N–H and O–H groups in total. The highest BCUT2D eigenvalue weighted by Gasteiger charge is 2.44. The maximum absolute atomic E-state index is 6.58. The van der Waals surface area contributed by atoms with Gasteiger partial charge in [0, 0.05) is 17.3 Å². The van der Waals surface area contributed by atoms with Crippen molar-refractivity contribution in [2.24, 2.45) is 11.8 Å². The number of allylic oxidation sites excluding steroid dienone is 13. The van der Waals surface area contributed by atoms with Crippen LogP contribution >= 0.6 is 0 Å². The zero-order chi connectivity index (χ0) is 30.9. The van der Waals surface area contributed by atoms with E-state index < -0.39 is 0 Å². The number of nitrogens with zero attached hydrogens (tertiary/aromatic N) is 1. The summed E-state index contributed by atoms with van der Waals surface area (Å²) in [6.07, 6.45) is 44.5. The molecule has 2 heterocycles. The summed E-state index contributed by atoms with van der Waals surface area (Å²) in [5, 5.41) is 0. The lowest BCUT2D eigenvalue weighted by Crippen LogP contribution is -2.38. The van der Waals surface area contributed by atoms with Crippen LogP contribution in [0.25, 0.3) is 5.57 Å². The fourth-order valence-corrected chi connectivity index (χ4v) is 9.85. The molecule has 6 atom stereocenters. The first-order valence-corrected chi connectivity index (χ1v) is 18.2. The number of hydrogen-bond acceptors (Lipinski definition) is 3. The Morgan fingerprint density at radius 2 is 1.74 bits per heavy atom. The van der Waals surface area contributed by atoms with Crippen molar-refractivity contribution in [2.75, 3.05) is 4.90 Å². The molecule has 1 saturated heterocycles. The topological polar surface area (TPSA) is 21.7 Å². The fourth-order valence-electron chi connectivity index (χ4n) is 9.85.